The summed E-state index contributed by atoms with van der Waals surface area (Å²) in [6, 6.07) is 10.2. The molecule has 0 aliphatic carbocycles. The van der Waals surface area contributed by atoms with Crippen LogP contribution in [0.1, 0.15) is 12.5 Å². The van der Waals surface area contributed by atoms with Crippen LogP contribution in [-0.4, -0.2) is 19.2 Å². The first-order chi connectivity index (χ1) is 7.33. The van der Waals surface area contributed by atoms with Crippen molar-refractivity contribution >= 4 is 0 Å². The summed E-state index contributed by atoms with van der Waals surface area (Å²) in [5.41, 5.74) is 1.20. The Balaban J connectivity index is 2.06. The van der Waals surface area contributed by atoms with Crippen molar-refractivity contribution in [3.05, 3.63) is 35.9 Å². The van der Waals surface area contributed by atoms with Crippen LogP contribution in [0.5, 0.6) is 0 Å². The Morgan fingerprint density at radius 1 is 1.40 bits per heavy atom. The van der Waals surface area contributed by atoms with Crippen molar-refractivity contribution in [2.45, 2.75) is 19.6 Å². The second-order valence-electron chi connectivity index (χ2n) is 3.38. The molecule has 0 aromatic heterocycles. The third-order valence-corrected chi connectivity index (χ3v) is 2.06. The Hall–Kier alpha value is -1.30. The third-order valence-electron chi connectivity index (χ3n) is 2.06. The van der Waals surface area contributed by atoms with Crippen LogP contribution in [-0.2, 0) is 11.3 Å². The van der Waals surface area contributed by atoms with Gasteiger partial charge in [-0.05, 0) is 12.5 Å². The quantitative estimate of drug-likeness (QED) is 0.562. The van der Waals surface area contributed by atoms with E-state index in [0.717, 1.165) is 6.54 Å². The van der Waals surface area contributed by atoms with E-state index in [2.05, 4.69) is 23.4 Å². The molecule has 0 amide bonds. The summed E-state index contributed by atoms with van der Waals surface area (Å²) < 4.78 is 5.48. The highest BCUT2D eigenvalue weighted by atomic mass is 16.5. The first-order valence-electron chi connectivity index (χ1n) is 5.14. The molecule has 0 bridgehead atoms. The summed E-state index contributed by atoms with van der Waals surface area (Å²) >= 11 is 0. The molecule has 0 aliphatic heterocycles. The van der Waals surface area contributed by atoms with Gasteiger partial charge in [0, 0.05) is 6.54 Å². The van der Waals surface area contributed by atoms with Crippen LogP contribution in [0.3, 0.4) is 0 Å². The lowest BCUT2D eigenvalue weighted by Crippen LogP contribution is -2.27. The Morgan fingerprint density at radius 2 is 2.13 bits per heavy atom. The van der Waals surface area contributed by atoms with Crippen molar-refractivity contribution in [1.82, 2.24) is 5.32 Å². The van der Waals surface area contributed by atoms with E-state index in [1.165, 1.54) is 5.56 Å². The van der Waals surface area contributed by atoms with Gasteiger partial charge in [0.2, 0.25) is 0 Å². The van der Waals surface area contributed by atoms with Gasteiger partial charge in [0.25, 0.3) is 0 Å². The summed E-state index contributed by atoms with van der Waals surface area (Å²) in [6.45, 7) is 4.09. The molecule has 1 rings (SSSR count). The molecule has 0 heterocycles. The number of hydrogen-bond donors (Lipinski definition) is 1. The van der Waals surface area contributed by atoms with Gasteiger partial charge in [-0.1, -0.05) is 36.3 Å². The van der Waals surface area contributed by atoms with Gasteiger partial charge in [0.1, 0.15) is 0 Å². The molecular weight excluding hydrogens is 186 g/mol. The Labute approximate surface area is 91.6 Å². The molecule has 1 atom stereocenters. The number of rotatable bonds is 6. The predicted molar refractivity (Wildman–Crippen MR) is 62.4 cm³/mol. The number of ether oxygens (including phenoxy) is 1. The van der Waals surface area contributed by atoms with Crippen LogP contribution < -0.4 is 5.32 Å². The van der Waals surface area contributed by atoms with Gasteiger partial charge in [0.05, 0.1) is 19.3 Å². The molecule has 0 fully saturated rings. The van der Waals surface area contributed by atoms with Crippen molar-refractivity contribution in [3.63, 3.8) is 0 Å². The molecule has 1 unspecified atom stereocenters. The van der Waals surface area contributed by atoms with Gasteiger partial charge in [-0.3, -0.25) is 0 Å². The molecule has 80 valence electrons. The molecule has 15 heavy (non-hydrogen) atoms. The second-order valence-corrected chi connectivity index (χ2v) is 3.38. The normalized spacial score (nSPS) is 12.0. The zero-order chi connectivity index (χ0) is 10.9. The van der Waals surface area contributed by atoms with E-state index in [1.807, 2.05) is 25.1 Å². The fourth-order valence-electron chi connectivity index (χ4n) is 1.17. The van der Waals surface area contributed by atoms with E-state index in [9.17, 15) is 0 Å². The van der Waals surface area contributed by atoms with Gasteiger partial charge in [-0.25, -0.2) is 0 Å². The van der Waals surface area contributed by atoms with Gasteiger partial charge >= 0.3 is 0 Å². The molecule has 0 aliphatic rings. The van der Waals surface area contributed by atoms with E-state index in [1.54, 1.807) is 0 Å². The number of hydrogen-bond acceptors (Lipinski definition) is 2. The van der Waals surface area contributed by atoms with Crippen LogP contribution in [0, 0.1) is 12.3 Å². The summed E-state index contributed by atoms with van der Waals surface area (Å²) in [4.78, 5) is 0. The maximum absolute atomic E-state index is 5.48. The Kier molecular flexibility index (Phi) is 5.54. The highest BCUT2D eigenvalue weighted by Crippen LogP contribution is 1.99. The van der Waals surface area contributed by atoms with E-state index < -0.39 is 0 Å². The zero-order valence-electron chi connectivity index (χ0n) is 9.07. The van der Waals surface area contributed by atoms with Crippen molar-refractivity contribution in [2.24, 2.45) is 0 Å². The molecule has 2 nitrogen and oxygen atoms in total. The van der Waals surface area contributed by atoms with Gasteiger partial charge in [0.15, 0.2) is 0 Å². The highest BCUT2D eigenvalue weighted by molar-refractivity contribution is 5.13. The van der Waals surface area contributed by atoms with Crippen molar-refractivity contribution in [1.29, 1.82) is 0 Å². The maximum atomic E-state index is 5.48. The minimum atomic E-state index is 0.116. The molecule has 0 radical (unpaired) electrons. The number of nitrogens with one attached hydrogen (secondary N) is 1. The maximum Gasteiger partial charge on any atom is 0.0717 e. The first kappa shape index (κ1) is 11.8. The standard InChI is InChI=1S/C13H17NO/c1-3-12(2)14-9-10-15-11-13-7-5-4-6-8-13/h1,4-8,12,14H,9-11H2,2H3. The average molecular weight is 203 g/mol. The number of benzene rings is 1. The lowest BCUT2D eigenvalue weighted by molar-refractivity contribution is 0.122. The zero-order valence-corrected chi connectivity index (χ0v) is 9.07. The molecule has 0 saturated carbocycles. The predicted octanol–water partition coefficient (Wildman–Crippen LogP) is 1.81. The first-order valence-corrected chi connectivity index (χ1v) is 5.14. The summed E-state index contributed by atoms with van der Waals surface area (Å²) in [6.07, 6.45) is 5.22. The fourth-order valence-corrected chi connectivity index (χ4v) is 1.17. The van der Waals surface area contributed by atoms with Crippen molar-refractivity contribution in [2.75, 3.05) is 13.2 Å². The SMILES string of the molecule is C#CC(C)NCCOCc1ccccc1. The average Bonchev–Trinajstić information content (AvgIpc) is 2.29. The van der Waals surface area contributed by atoms with Crippen LogP contribution in [0.4, 0.5) is 0 Å². The minimum Gasteiger partial charge on any atom is -0.375 e. The molecule has 0 saturated heterocycles. The lowest BCUT2D eigenvalue weighted by Gasteiger charge is -2.07. The highest BCUT2D eigenvalue weighted by Gasteiger charge is 1.94. The van der Waals surface area contributed by atoms with E-state index in [-0.39, 0.29) is 6.04 Å². The smallest absolute Gasteiger partial charge is 0.0717 e. The third kappa shape index (κ3) is 5.21. The van der Waals surface area contributed by atoms with Gasteiger partial charge in [-0.2, -0.15) is 0 Å². The topological polar surface area (TPSA) is 21.3 Å². The van der Waals surface area contributed by atoms with Crippen LogP contribution >= 0.6 is 0 Å². The van der Waals surface area contributed by atoms with Gasteiger partial charge < -0.3 is 10.1 Å². The van der Waals surface area contributed by atoms with E-state index in [4.69, 9.17) is 11.2 Å². The molecule has 1 aromatic carbocycles. The van der Waals surface area contributed by atoms with E-state index in [0.29, 0.717) is 13.2 Å². The molecular formula is C13H17NO. The summed E-state index contributed by atoms with van der Waals surface area (Å²) in [5.74, 6) is 2.61. The molecule has 1 N–H and O–H groups in total. The van der Waals surface area contributed by atoms with E-state index >= 15 is 0 Å². The Morgan fingerprint density at radius 3 is 2.80 bits per heavy atom. The lowest BCUT2D eigenvalue weighted by atomic mass is 10.2. The van der Waals surface area contributed by atoms with Crippen LogP contribution in [0.2, 0.25) is 0 Å². The van der Waals surface area contributed by atoms with Crippen LogP contribution in [0.15, 0.2) is 30.3 Å². The largest absolute Gasteiger partial charge is 0.375 e. The summed E-state index contributed by atoms with van der Waals surface area (Å²) in [5, 5.41) is 3.16. The summed E-state index contributed by atoms with van der Waals surface area (Å²) in [7, 11) is 0. The second kappa shape index (κ2) is 7.05. The van der Waals surface area contributed by atoms with Crippen molar-refractivity contribution in [3.8, 4) is 12.3 Å². The monoisotopic (exact) mass is 203 g/mol. The molecule has 1 aromatic rings. The fraction of sp³-hybridized carbons (Fsp3) is 0.385. The number of terminal acetylenes is 1. The molecule has 0 spiro atoms. The van der Waals surface area contributed by atoms with Gasteiger partial charge in [-0.15, -0.1) is 6.42 Å². The minimum absolute atomic E-state index is 0.116. The van der Waals surface area contributed by atoms with Crippen molar-refractivity contribution < 1.29 is 4.74 Å². The Bertz CT molecular complexity index is 302. The van der Waals surface area contributed by atoms with Crippen LogP contribution in [0.25, 0.3) is 0 Å². The molecule has 2 heteroatoms.